The first-order valence-corrected chi connectivity index (χ1v) is 12.3. The monoisotopic (exact) mass is 486 g/mol. The van der Waals surface area contributed by atoms with Gasteiger partial charge in [-0.05, 0) is 50.3 Å². The third kappa shape index (κ3) is 5.07. The second-order valence-corrected chi connectivity index (χ2v) is 9.87. The van der Waals surface area contributed by atoms with Gasteiger partial charge in [0.2, 0.25) is 0 Å². The third-order valence-corrected chi connectivity index (χ3v) is 6.50. The van der Waals surface area contributed by atoms with Crippen LogP contribution in [0.15, 0.2) is 46.9 Å². The number of benzene rings is 1. The van der Waals surface area contributed by atoms with Crippen molar-refractivity contribution in [3.63, 3.8) is 0 Å². The molecule has 36 heavy (non-hydrogen) atoms. The van der Waals surface area contributed by atoms with Gasteiger partial charge in [0.05, 0.1) is 13.1 Å². The predicted molar refractivity (Wildman–Crippen MR) is 133 cm³/mol. The lowest BCUT2D eigenvalue weighted by molar-refractivity contribution is 0.0693. The number of hydrogen-bond donors (Lipinski definition) is 1. The summed E-state index contributed by atoms with van der Waals surface area (Å²) < 4.78 is 7.58. The van der Waals surface area contributed by atoms with Crippen LogP contribution >= 0.6 is 0 Å². The zero-order chi connectivity index (χ0) is 25.3. The molecule has 0 bridgehead atoms. The Morgan fingerprint density at radius 1 is 1.03 bits per heavy atom. The van der Waals surface area contributed by atoms with E-state index in [0.717, 1.165) is 42.8 Å². The van der Waals surface area contributed by atoms with Crippen LogP contribution in [0.25, 0.3) is 0 Å². The maximum atomic E-state index is 13.4. The molecule has 0 radical (unpaired) electrons. The molecule has 1 aromatic carbocycles. The summed E-state index contributed by atoms with van der Waals surface area (Å²) in [5.74, 6) is 5.63. The van der Waals surface area contributed by atoms with E-state index in [4.69, 9.17) is 9.52 Å². The van der Waals surface area contributed by atoms with Crippen LogP contribution in [0, 0.1) is 11.8 Å². The van der Waals surface area contributed by atoms with Crippen LogP contribution in [0.5, 0.6) is 0 Å². The van der Waals surface area contributed by atoms with Gasteiger partial charge in [0, 0.05) is 37.3 Å². The minimum atomic E-state index is -1.15. The van der Waals surface area contributed by atoms with E-state index in [2.05, 4.69) is 11.8 Å². The molecule has 2 aliphatic rings. The van der Waals surface area contributed by atoms with Gasteiger partial charge in [-0.1, -0.05) is 36.3 Å². The van der Waals surface area contributed by atoms with Crippen LogP contribution in [0.3, 0.4) is 0 Å². The second-order valence-electron chi connectivity index (χ2n) is 9.87. The van der Waals surface area contributed by atoms with Crippen LogP contribution in [0.1, 0.15) is 70.3 Å². The van der Waals surface area contributed by atoms with Crippen LogP contribution in [0.4, 0.5) is 0 Å². The number of carbonyl (C=O) groups is 2. The molecule has 1 saturated heterocycles. The van der Waals surface area contributed by atoms with Crippen molar-refractivity contribution < 1.29 is 19.1 Å². The van der Waals surface area contributed by atoms with Gasteiger partial charge in [-0.25, -0.2) is 0 Å². The molecule has 4 heterocycles. The van der Waals surface area contributed by atoms with Gasteiger partial charge in [0.1, 0.15) is 5.60 Å². The number of amides is 2. The fourth-order valence-electron chi connectivity index (χ4n) is 4.68. The van der Waals surface area contributed by atoms with Gasteiger partial charge in [0.15, 0.2) is 17.2 Å². The molecule has 2 aromatic heterocycles. The normalized spacial score (nSPS) is 15.4. The number of carbonyl (C=O) groups excluding carboxylic acids is 2. The lowest BCUT2D eigenvalue weighted by Gasteiger charge is -2.27. The van der Waals surface area contributed by atoms with Crippen molar-refractivity contribution in [3.8, 4) is 11.8 Å². The first-order valence-electron chi connectivity index (χ1n) is 12.3. The number of nitrogens with zero attached hydrogens (tertiary/aromatic N) is 4. The molecule has 1 fully saturated rings. The number of fused-ring (bicyclic) bond motifs is 1. The van der Waals surface area contributed by atoms with Crippen molar-refractivity contribution in [2.75, 3.05) is 19.6 Å². The number of aromatic nitrogens is 2. The van der Waals surface area contributed by atoms with Crippen LogP contribution in [-0.4, -0.2) is 61.7 Å². The van der Waals surface area contributed by atoms with Crippen molar-refractivity contribution in [2.45, 2.75) is 51.8 Å². The number of rotatable bonds is 4. The molecular formula is C28H30N4O4. The Hall–Kier alpha value is -3.83. The van der Waals surface area contributed by atoms with Crippen molar-refractivity contribution in [1.29, 1.82) is 0 Å². The second kappa shape index (κ2) is 9.67. The molecule has 0 saturated carbocycles. The maximum absolute atomic E-state index is 13.4. The van der Waals surface area contributed by atoms with Gasteiger partial charge in [-0.2, -0.15) is 5.10 Å². The molecule has 0 atom stereocenters. The lowest BCUT2D eigenvalue weighted by Crippen LogP contribution is -2.37. The van der Waals surface area contributed by atoms with Crippen LogP contribution < -0.4 is 0 Å². The highest BCUT2D eigenvalue weighted by atomic mass is 16.4. The van der Waals surface area contributed by atoms with E-state index in [0.29, 0.717) is 37.5 Å². The van der Waals surface area contributed by atoms with Crippen LogP contribution in [0.2, 0.25) is 0 Å². The SMILES string of the molecule is CC(C)(O)C#Cc1ccc(C(=O)N2CCc3c(c(C(=O)N4CCCC4)nn3Cc3ccccc3)C2)o1. The molecule has 0 unspecified atom stereocenters. The number of furan rings is 1. The number of likely N-dealkylation sites (tertiary alicyclic amines) is 1. The minimum absolute atomic E-state index is 0.0629. The largest absolute Gasteiger partial charge is 0.443 e. The molecule has 186 valence electrons. The summed E-state index contributed by atoms with van der Waals surface area (Å²) in [6.45, 7) is 6.01. The van der Waals surface area contributed by atoms with E-state index in [9.17, 15) is 14.7 Å². The Morgan fingerprint density at radius 2 is 1.78 bits per heavy atom. The summed E-state index contributed by atoms with van der Waals surface area (Å²) >= 11 is 0. The molecule has 0 aliphatic carbocycles. The average molecular weight is 487 g/mol. The Bertz CT molecular complexity index is 1330. The van der Waals surface area contributed by atoms with Gasteiger partial charge in [-0.3, -0.25) is 14.3 Å². The van der Waals surface area contributed by atoms with Gasteiger partial charge in [0.25, 0.3) is 11.8 Å². The van der Waals surface area contributed by atoms with Crippen molar-refractivity contribution in [3.05, 3.63) is 76.5 Å². The summed E-state index contributed by atoms with van der Waals surface area (Å²) in [4.78, 5) is 30.2. The number of aliphatic hydroxyl groups is 1. The Balaban J connectivity index is 1.42. The van der Waals surface area contributed by atoms with Crippen molar-refractivity contribution in [2.24, 2.45) is 0 Å². The van der Waals surface area contributed by atoms with E-state index in [1.165, 1.54) is 0 Å². The van der Waals surface area contributed by atoms with Gasteiger partial charge < -0.3 is 19.3 Å². The zero-order valence-corrected chi connectivity index (χ0v) is 20.7. The number of hydrogen-bond acceptors (Lipinski definition) is 5. The van der Waals surface area contributed by atoms with Crippen molar-refractivity contribution >= 4 is 11.8 Å². The molecule has 8 nitrogen and oxygen atoms in total. The van der Waals surface area contributed by atoms with Gasteiger partial charge >= 0.3 is 0 Å². The van der Waals surface area contributed by atoms with Crippen LogP contribution in [-0.2, 0) is 19.5 Å². The summed E-state index contributed by atoms with van der Waals surface area (Å²) in [6, 6.07) is 13.3. The molecule has 5 rings (SSSR count). The first kappa shape index (κ1) is 23.9. The lowest BCUT2D eigenvalue weighted by atomic mass is 10.0. The molecular weight excluding hydrogens is 456 g/mol. The Labute approximate surface area is 210 Å². The third-order valence-electron chi connectivity index (χ3n) is 6.50. The quantitative estimate of drug-likeness (QED) is 0.573. The molecule has 2 aliphatic heterocycles. The van der Waals surface area contributed by atoms with E-state index >= 15 is 0 Å². The van der Waals surface area contributed by atoms with E-state index in [1.807, 2.05) is 39.9 Å². The summed E-state index contributed by atoms with van der Waals surface area (Å²) in [5.41, 5.74) is 2.21. The summed E-state index contributed by atoms with van der Waals surface area (Å²) in [7, 11) is 0. The van der Waals surface area contributed by atoms with E-state index < -0.39 is 5.60 Å². The maximum Gasteiger partial charge on any atom is 0.289 e. The molecule has 0 spiro atoms. The average Bonchev–Trinajstić information content (AvgIpc) is 3.62. The molecule has 3 aromatic rings. The van der Waals surface area contributed by atoms with E-state index in [-0.39, 0.29) is 17.6 Å². The first-order chi connectivity index (χ1) is 17.3. The summed E-state index contributed by atoms with van der Waals surface area (Å²) in [5, 5.41) is 14.6. The molecule has 2 amide bonds. The van der Waals surface area contributed by atoms with Crippen molar-refractivity contribution in [1.82, 2.24) is 19.6 Å². The smallest absolute Gasteiger partial charge is 0.289 e. The minimum Gasteiger partial charge on any atom is -0.443 e. The highest BCUT2D eigenvalue weighted by Crippen LogP contribution is 2.27. The fourth-order valence-corrected chi connectivity index (χ4v) is 4.68. The van der Waals surface area contributed by atoms with Gasteiger partial charge in [-0.15, -0.1) is 0 Å². The zero-order valence-electron chi connectivity index (χ0n) is 20.7. The Kier molecular flexibility index (Phi) is 6.42. The fraction of sp³-hybridized carbons (Fsp3) is 0.393. The summed E-state index contributed by atoms with van der Waals surface area (Å²) in [6.07, 6.45) is 2.60. The predicted octanol–water partition coefficient (Wildman–Crippen LogP) is 3.08. The standard InChI is InChI=1S/C28H30N4O4/c1-28(2,35)14-12-21-10-11-24(36-21)26(33)31-17-13-23-22(19-31)25(27(34)30-15-6-7-16-30)29-32(23)18-20-8-4-3-5-9-20/h3-5,8-11,35H,6-7,13,15-19H2,1-2H3. The molecule has 1 N–H and O–H groups in total. The molecule has 8 heteroatoms. The highest BCUT2D eigenvalue weighted by molar-refractivity contribution is 5.95. The highest BCUT2D eigenvalue weighted by Gasteiger charge is 2.33. The topological polar surface area (TPSA) is 91.8 Å². The Morgan fingerprint density at radius 3 is 2.50 bits per heavy atom. The van der Waals surface area contributed by atoms with E-state index in [1.54, 1.807) is 30.9 Å².